The molecule has 28 heavy (non-hydrogen) atoms. The largest absolute Gasteiger partial charge is 0.492 e. The van der Waals surface area contributed by atoms with E-state index in [-0.39, 0.29) is 23.6 Å². The summed E-state index contributed by atoms with van der Waals surface area (Å²) in [5, 5.41) is 26.7. The normalized spacial score (nSPS) is 13.6. The lowest BCUT2D eigenvalue weighted by Crippen LogP contribution is -2.34. The molecule has 0 saturated carbocycles. The van der Waals surface area contributed by atoms with Gasteiger partial charge in [-0.05, 0) is 33.6 Å². The van der Waals surface area contributed by atoms with Crippen molar-refractivity contribution in [3.8, 4) is 11.8 Å². The third kappa shape index (κ3) is 7.67. The lowest BCUT2D eigenvalue weighted by atomic mass is 10.00. The number of carbonyl (C=O) groups is 1. The van der Waals surface area contributed by atoms with Crippen molar-refractivity contribution in [1.82, 2.24) is 4.73 Å². The summed E-state index contributed by atoms with van der Waals surface area (Å²) in [5.41, 5.74) is -0.851. The molecule has 2 unspecified atom stereocenters. The van der Waals surface area contributed by atoms with E-state index in [1.165, 1.54) is 12.1 Å². The minimum Gasteiger partial charge on any atom is -0.492 e. The van der Waals surface area contributed by atoms with Gasteiger partial charge in [0, 0.05) is 18.6 Å². The van der Waals surface area contributed by atoms with Gasteiger partial charge in [-0.3, -0.25) is 4.89 Å². The van der Waals surface area contributed by atoms with Crippen LogP contribution in [0, 0.1) is 11.3 Å². The zero-order chi connectivity index (χ0) is 21.3. The van der Waals surface area contributed by atoms with Gasteiger partial charge in [0.2, 0.25) is 11.8 Å². The number of aromatic hydroxyl groups is 2. The average molecular weight is 400 g/mol. The summed E-state index contributed by atoms with van der Waals surface area (Å²) in [4.78, 5) is 27.4. The fraction of sp³-hybridized carbons (Fsp3) is 0.684. The third-order valence-corrected chi connectivity index (χ3v) is 4.14. The van der Waals surface area contributed by atoms with E-state index < -0.39 is 17.8 Å². The van der Waals surface area contributed by atoms with Crippen molar-refractivity contribution in [3.63, 3.8) is 0 Å². The number of ether oxygens (including phenoxy) is 1. The molecule has 0 amide bonds. The first kappa shape index (κ1) is 23.6. The highest BCUT2D eigenvalue weighted by atomic mass is 17.2. The van der Waals surface area contributed by atoms with Crippen LogP contribution in [0.15, 0.2) is 12.1 Å². The number of rotatable bonds is 11. The van der Waals surface area contributed by atoms with Crippen molar-refractivity contribution < 1.29 is 34.4 Å². The molecular formula is C19H32N2O7. The van der Waals surface area contributed by atoms with E-state index >= 15 is 0 Å². The number of hydrogen-bond acceptors (Lipinski definition) is 8. The van der Waals surface area contributed by atoms with E-state index in [1.807, 2.05) is 6.92 Å². The molecule has 0 radical (unpaired) electrons. The second-order valence-corrected chi connectivity index (χ2v) is 7.35. The molecule has 0 aliphatic rings. The lowest BCUT2D eigenvalue weighted by molar-refractivity contribution is -0.331. The second kappa shape index (κ2) is 10.8. The SMILES string of the molecule is CCCCC(CC)C(=O)OOC(C)(C)CC(C)OC(=N)On1c(O)ccc1O. The Kier molecular flexibility index (Phi) is 9.11. The van der Waals surface area contributed by atoms with Gasteiger partial charge in [0.15, 0.2) is 0 Å². The minimum absolute atomic E-state index is 0.187. The number of nitrogens with zero attached hydrogens (tertiary/aromatic N) is 1. The highest BCUT2D eigenvalue weighted by Gasteiger charge is 2.29. The van der Waals surface area contributed by atoms with Gasteiger partial charge >= 0.3 is 12.1 Å². The summed E-state index contributed by atoms with van der Waals surface area (Å²) in [6.45, 7) is 9.17. The molecular weight excluding hydrogens is 368 g/mol. The molecule has 0 spiro atoms. The average Bonchev–Trinajstić information content (AvgIpc) is 2.92. The van der Waals surface area contributed by atoms with Crippen LogP contribution in [0.1, 0.15) is 66.7 Å². The number of hydrogen-bond donors (Lipinski definition) is 3. The Bertz CT molecular complexity index is 623. The van der Waals surface area contributed by atoms with Crippen LogP contribution in [0.3, 0.4) is 0 Å². The van der Waals surface area contributed by atoms with Crippen molar-refractivity contribution in [2.24, 2.45) is 5.92 Å². The number of unbranched alkanes of at least 4 members (excludes halogenated alkanes) is 1. The van der Waals surface area contributed by atoms with Crippen molar-refractivity contribution in [2.45, 2.75) is 78.4 Å². The Morgan fingerprint density at radius 1 is 1.25 bits per heavy atom. The van der Waals surface area contributed by atoms with Gasteiger partial charge in [-0.2, -0.15) is 4.89 Å². The first-order chi connectivity index (χ1) is 13.1. The van der Waals surface area contributed by atoms with E-state index in [9.17, 15) is 15.0 Å². The van der Waals surface area contributed by atoms with Crippen molar-refractivity contribution in [1.29, 1.82) is 5.41 Å². The van der Waals surface area contributed by atoms with Gasteiger partial charge in [-0.1, -0.05) is 26.7 Å². The standard InChI is InChI=1S/C19H32N2O7/c1-6-8-9-14(7-2)17(24)27-28-19(4,5)12-13(3)25-18(20)26-21-15(22)10-11-16(21)23/h10-11,13-14,20,22-23H,6-9,12H2,1-5H3. The van der Waals surface area contributed by atoms with Crippen LogP contribution in [0.25, 0.3) is 0 Å². The van der Waals surface area contributed by atoms with E-state index in [4.69, 9.17) is 24.8 Å². The predicted molar refractivity (Wildman–Crippen MR) is 102 cm³/mol. The molecule has 3 N–H and O–H groups in total. The first-order valence-electron chi connectivity index (χ1n) is 9.52. The maximum Gasteiger partial charge on any atom is 0.406 e. The van der Waals surface area contributed by atoms with Crippen LogP contribution in [0.2, 0.25) is 0 Å². The van der Waals surface area contributed by atoms with Gasteiger partial charge < -0.3 is 19.8 Å². The molecule has 160 valence electrons. The van der Waals surface area contributed by atoms with Gasteiger partial charge in [0.25, 0.3) is 0 Å². The van der Waals surface area contributed by atoms with Gasteiger partial charge in [-0.25, -0.2) is 10.2 Å². The zero-order valence-corrected chi connectivity index (χ0v) is 17.2. The molecule has 1 heterocycles. The Morgan fingerprint density at radius 2 is 1.86 bits per heavy atom. The van der Waals surface area contributed by atoms with E-state index in [1.54, 1.807) is 20.8 Å². The van der Waals surface area contributed by atoms with Crippen molar-refractivity contribution >= 4 is 12.1 Å². The second-order valence-electron chi connectivity index (χ2n) is 7.35. The van der Waals surface area contributed by atoms with E-state index in [0.29, 0.717) is 17.6 Å². The predicted octanol–water partition coefficient (Wildman–Crippen LogP) is 3.53. The maximum absolute atomic E-state index is 12.1. The smallest absolute Gasteiger partial charge is 0.406 e. The Balaban J connectivity index is 2.47. The quantitative estimate of drug-likeness (QED) is 0.225. The van der Waals surface area contributed by atoms with Gasteiger partial charge in [0.1, 0.15) is 11.7 Å². The van der Waals surface area contributed by atoms with Crippen LogP contribution in [0.5, 0.6) is 11.8 Å². The molecule has 1 aromatic rings. The van der Waals surface area contributed by atoms with Crippen molar-refractivity contribution in [3.05, 3.63) is 12.1 Å². The molecule has 0 aromatic carbocycles. The fourth-order valence-corrected chi connectivity index (χ4v) is 2.71. The molecule has 9 nitrogen and oxygen atoms in total. The maximum atomic E-state index is 12.1. The Labute approximate surface area is 165 Å². The highest BCUT2D eigenvalue weighted by Crippen LogP contribution is 2.22. The zero-order valence-electron chi connectivity index (χ0n) is 17.2. The number of aromatic nitrogens is 1. The Morgan fingerprint density at radius 3 is 2.39 bits per heavy atom. The summed E-state index contributed by atoms with van der Waals surface area (Å²) < 4.78 is 5.95. The highest BCUT2D eigenvalue weighted by molar-refractivity contribution is 5.71. The molecule has 0 aliphatic heterocycles. The summed E-state index contributed by atoms with van der Waals surface area (Å²) in [7, 11) is 0. The lowest BCUT2D eigenvalue weighted by Gasteiger charge is -2.27. The van der Waals surface area contributed by atoms with Gasteiger partial charge in [0.05, 0.1) is 5.92 Å². The first-order valence-corrected chi connectivity index (χ1v) is 9.52. The van der Waals surface area contributed by atoms with Gasteiger partial charge in [-0.15, -0.1) is 4.73 Å². The van der Waals surface area contributed by atoms with E-state index in [0.717, 1.165) is 19.3 Å². The topological polar surface area (TPSA) is 123 Å². The Hall–Kier alpha value is -2.42. The molecule has 2 atom stereocenters. The minimum atomic E-state index is -0.851. The molecule has 1 rings (SSSR count). The fourth-order valence-electron chi connectivity index (χ4n) is 2.71. The van der Waals surface area contributed by atoms with Crippen LogP contribution < -0.4 is 4.84 Å². The molecule has 0 fully saturated rings. The van der Waals surface area contributed by atoms with Crippen LogP contribution >= 0.6 is 0 Å². The van der Waals surface area contributed by atoms with Crippen LogP contribution in [-0.2, 0) is 19.3 Å². The molecule has 9 heteroatoms. The summed E-state index contributed by atoms with van der Waals surface area (Å²) in [6, 6.07) is 2.42. The monoisotopic (exact) mass is 400 g/mol. The molecule has 0 aliphatic carbocycles. The molecule has 0 saturated heterocycles. The summed E-state index contributed by atoms with van der Waals surface area (Å²) in [5.74, 6) is -1.31. The summed E-state index contributed by atoms with van der Waals surface area (Å²) in [6.07, 6.45) is 2.57. The summed E-state index contributed by atoms with van der Waals surface area (Å²) >= 11 is 0. The molecule has 1 aromatic heterocycles. The van der Waals surface area contributed by atoms with Crippen LogP contribution in [-0.4, -0.2) is 38.7 Å². The molecule has 0 bridgehead atoms. The van der Waals surface area contributed by atoms with Crippen LogP contribution in [0.4, 0.5) is 0 Å². The van der Waals surface area contributed by atoms with E-state index in [2.05, 4.69) is 6.92 Å². The van der Waals surface area contributed by atoms with Crippen molar-refractivity contribution in [2.75, 3.05) is 0 Å². The third-order valence-electron chi connectivity index (χ3n) is 4.14. The number of carbonyl (C=O) groups excluding carboxylic acids is 1. The number of nitrogens with one attached hydrogen (secondary N) is 1.